The Labute approximate surface area is 104 Å². The van der Waals surface area contributed by atoms with Crippen LogP contribution < -0.4 is 5.32 Å². The highest BCUT2D eigenvalue weighted by atomic mass is 16.3. The van der Waals surface area contributed by atoms with Gasteiger partial charge in [-0.15, -0.1) is 0 Å². The van der Waals surface area contributed by atoms with Gasteiger partial charge >= 0.3 is 0 Å². The molecule has 94 valence electrons. The largest absolute Gasteiger partial charge is 0.388 e. The molecule has 1 aliphatic carbocycles. The van der Waals surface area contributed by atoms with E-state index in [4.69, 9.17) is 0 Å². The van der Waals surface area contributed by atoms with Crippen LogP contribution in [0.2, 0.25) is 0 Å². The lowest BCUT2D eigenvalue weighted by Gasteiger charge is -2.23. The van der Waals surface area contributed by atoms with E-state index in [-0.39, 0.29) is 11.5 Å². The van der Waals surface area contributed by atoms with Gasteiger partial charge in [-0.3, -0.25) is 0 Å². The van der Waals surface area contributed by atoms with Gasteiger partial charge in [-0.2, -0.15) is 0 Å². The number of aliphatic hydroxyl groups is 1. The molecule has 0 aliphatic heterocycles. The Morgan fingerprint density at radius 1 is 1.24 bits per heavy atom. The predicted molar refractivity (Wildman–Crippen MR) is 70.8 cm³/mol. The summed E-state index contributed by atoms with van der Waals surface area (Å²) in [7, 11) is 0. The van der Waals surface area contributed by atoms with Crippen molar-refractivity contribution in [3.8, 4) is 0 Å². The molecule has 0 aromatic heterocycles. The summed E-state index contributed by atoms with van der Waals surface area (Å²) < 4.78 is 0. The van der Waals surface area contributed by atoms with Crippen LogP contribution in [0.15, 0.2) is 30.3 Å². The third-order valence-electron chi connectivity index (χ3n) is 3.62. The first-order chi connectivity index (χ1) is 8.14. The van der Waals surface area contributed by atoms with Crippen LogP contribution in [-0.2, 0) is 0 Å². The Bertz CT molecular complexity index is 343. The Morgan fingerprint density at radius 3 is 2.41 bits per heavy atom. The molecule has 0 amide bonds. The van der Waals surface area contributed by atoms with Crippen LogP contribution in [0.3, 0.4) is 0 Å². The van der Waals surface area contributed by atoms with E-state index in [1.54, 1.807) is 0 Å². The molecule has 0 bridgehead atoms. The van der Waals surface area contributed by atoms with E-state index >= 15 is 0 Å². The molecule has 0 spiro atoms. The summed E-state index contributed by atoms with van der Waals surface area (Å²) in [5.74, 6) is 0.666. The van der Waals surface area contributed by atoms with E-state index in [9.17, 15) is 5.11 Å². The Morgan fingerprint density at radius 2 is 1.88 bits per heavy atom. The molecule has 1 aromatic carbocycles. The number of hydrogen-bond acceptors (Lipinski definition) is 2. The average molecular weight is 233 g/mol. The minimum absolute atomic E-state index is 0.0935. The molecule has 17 heavy (non-hydrogen) atoms. The van der Waals surface area contributed by atoms with Gasteiger partial charge in [0.15, 0.2) is 0 Å². The fourth-order valence-corrected chi connectivity index (χ4v) is 2.31. The third kappa shape index (κ3) is 3.08. The van der Waals surface area contributed by atoms with Crippen molar-refractivity contribution in [3.63, 3.8) is 0 Å². The molecule has 0 heterocycles. The van der Waals surface area contributed by atoms with Gasteiger partial charge in [0, 0.05) is 12.0 Å². The zero-order chi connectivity index (χ0) is 12.3. The van der Waals surface area contributed by atoms with Crippen LogP contribution in [0.1, 0.15) is 38.4 Å². The average Bonchev–Trinajstić information content (AvgIpc) is 3.10. The van der Waals surface area contributed by atoms with Gasteiger partial charge in [-0.05, 0) is 30.9 Å². The lowest BCUT2D eigenvalue weighted by Crippen LogP contribution is -2.31. The monoisotopic (exact) mass is 233 g/mol. The summed E-state index contributed by atoms with van der Waals surface area (Å²) in [6.45, 7) is 6.38. The number of aliphatic hydroxyl groups excluding tert-OH is 1. The zero-order valence-electron chi connectivity index (χ0n) is 10.8. The first-order valence-electron chi connectivity index (χ1n) is 6.58. The van der Waals surface area contributed by atoms with Gasteiger partial charge in [-0.1, -0.05) is 44.2 Å². The van der Waals surface area contributed by atoms with Gasteiger partial charge in [0.2, 0.25) is 0 Å². The molecule has 1 unspecified atom stereocenters. The van der Waals surface area contributed by atoms with Gasteiger partial charge < -0.3 is 10.4 Å². The summed E-state index contributed by atoms with van der Waals surface area (Å²) in [6.07, 6.45) is 1.95. The smallest absolute Gasteiger partial charge is 0.0858 e. The Balaban J connectivity index is 1.92. The van der Waals surface area contributed by atoms with Crippen molar-refractivity contribution in [2.24, 2.45) is 11.3 Å². The molecule has 2 N–H and O–H groups in total. The van der Waals surface area contributed by atoms with Crippen molar-refractivity contribution in [3.05, 3.63) is 35.9 Å². The molecule has 0 saturated heterocycles. The number of benzene rings is 1. The zero-order valence-corrected chi connectivity index (χ0v) is 10.8. The molecule has 1 aliphatic rings. The molecule has 2 heteroatoms. The van der Waals surface area contributed by atoms with E-state index in [0.29, 0.717) is 5.92 Å². The van der Waals surface area contributed by atoms with Gasteiger partial charge in [0.05, 0.1) is 6.10 Å². The maximum Gasteiger partial charge on any atom is 0.0858 e. The van der Waals surface area contributed by atoms with Crippen molar-refractivity contribution in [1.29, 1.82) is 0 Å². The maximum absolute atomic E-state index is 10.4. The molecule has 2 nitrogen and oxygen atoms in total. The highest BCUT2D eigenvalue weighted by Gasteiger charge is 2.48. The fourth-order valence-electron chi connectivity index (χ4n) is 2.31. The summed E-state index contributed by atoms with van der Waals surface area (Å²) >= 11 is 0. The minimum atomic E-state index is -0.316. The summed E-state index contributed by atoms with van der Waals surface area (Å²) in [4.78, 5) is 0. The van der Waals surface area contributed by atoms with E-state index in [1.165, 1.54) is 0 Å². The van der Waals surface area contributed by atoms with Crippen LogP contribution in [0, 0.1) is 11.3 Å². The van der Waals surface area contributed by atoms with Crippen LogP contribution in [0.5, 0.6) is 0 Å². The quantitative estimate of drug-likeness (QED) is 0.792. The van der Waals surface area contributed by atoms with Gasteiger partial charge in [0.25, 0.3) is 0 Å². The summed E-state index contributed by atoms with van der Waals surface area (Å²) in [6, 6.07) is 10.0. The lowest BCUT2D eigenvalue weighted by molar-refractivity contribution is 0.0915. The number of hydrogen-bond donors (Lipinski definition) is 2. The minimum Gasteiger partial charge on any atom is -0.388 e. The fraction of sp³-hybridized carbons (Fsp3) is 0.600. The number of rotatable bonds is 6. The van der Waals surface area contributed by atoms with Gasteiger partial charge in [-0.25, -0.2) is 0 Å². The van der Waals surface area contributed by atoms with E-state index < -0.39 is 0 Å². The molecule has 1 atom stereocenters. The first kappa shape index (κ1) is 12.6. The second kappa shape index (κ2) is 5.19. The second-order valence-electron chi connectivity index (χ2n) is 5.70. The third-order valence-corrected chi connectivity index (χ3v) is 3.62. The Kier molecular flexibility index (Phi) is 3.85. The normalized spacial score (nSPS) is 19.3. The highest BCUT2D eigenvalue weighted by Crippen LogP contribution is 2.54. The molecule has 0 radical (unpaired) electrons. The van der Waals surface area contributed by atoms with Crippen LogP contribution >= 0.6 is 0 Å². The molecular weight excluding hydrogens is 210 g/mol. The summed E-state index contributed by atoms with van der Waals surface area (Å²) in [5.41, 5.74) is 1.15. The lowest BCUT2D eigenvalue weighted by atomic mass is 9.92. The molecule has 1 fully saturated rings. The number of nitrogens with one attached hydrogen (secondary N) is 1. The maximum atomic E-state index is 10.4. The predicted octanol–water partition coefficient (Wildman–Crippen LogP) is 2.75. The highest BCUT2D eigenvalue weighted by molar-refractivity contribution is 5.22. The van der Waals surface area contributed by atoms with Crippen molar-refractivity contribution < 1.29 is 5.11 Å². The molecule has 1 saturated carbocycles. The van der Waals surface area contributed by atoms with Gasteiger partial charge in [0.1, 0.15) is 0 Å². The van der Waals surface area contributed by atoms with E-state index in [0.717, 1.165) is 31.5 Å². The van der Waals surface area contributed by atoms with Crippen molar-refractivity contribution in [1.82, 2.24) is 5.32 Å². The van der Waals surface area contributed by atoms with Crippen LogP contribution in [0.4, 0.5) is 0 Å². The van der Waals surface area contributed by atoms with Crippen LogP contribution in [0.25, 0.3) is 0 Å². The SMILES string of the molecule is CC(C)CNCC1(C(O)c2ccccc2)CC1. The molecule has 1 aromatic rings. The van der Waals surface area contributed by atoms with Crippen molar-refractivity contribution in [2.45, 2.75) is 32.8 Å². The van der Waals surface area contributed by atoms with Crippen molar-refractivity contribution in [2.75, 3.05) is 13.1 Å². The topological polar surface area (TPSA) is 32.3 Å². The molecular formula is C15H23NO. The standard InChI is InChI=1S/C15H23NO/c1-12(2)10-16-11-15(8-9-15)14(17)13-6-4-3-5-7-13/h3-7,12,14,16-17H,8-11H2,1-2H3. The Hall–Kier alpha value is -0.860. The van der Waals surface area contributed by atoms with Crippen LogP contribution in [-0.4, -0.2) is 18.2 Å². The summed E-state index contributed by atoms with van der Waals surface area (Å²) in [5, 5.41) is 13.9. The van der Waals surface area contributed by atoms with Crippen molar-refractivity contribution >= 4 is 0 Å². The molecule has 2 rings (SSSR count). The first-order valence-corrected chi connectivity index (χ1v) is 6.58. The van der Waals surface area contributed by atoms with E-state index in [2.05, 4.69) is 19.2 Å². The van der Waals surface area contributed by atoms with E-state index in [1.807, 2.05) is 30.3 Å². The second-order valence-corrected chi connectivity index (χ2v) is 5.70.